The molecule has 114 valence electrons. The van der Waals surface area contributed by atoms with Gasteiger partial charge in [-0.05, 0) is 25.0 Å². The van der Waals surface area contributed by atoms with Gasteiger partial charge in [0.15, 0.2) is 0 Å². The smallest absolute Gasteiger partial charge is 0.276 e. The minimum atomic E-state index is -0.136. The van der Waals surface area contributed by atoms with Crippen LogP contribution in [0.4, 0.5) is 11.5 Å². The molecular weight excluding hydrogens is 276 g/mol. The third-order valence-electron chi connectivity index (χ3n) is 4.04. The third-order valence-corrected chi connectivity index (χ3v) is 4.04. The standard InChI is InChI=1S/C17H20N4O/c1-21(14-9-3-2-4-10-14)17(22)15-11-16(19-12-18-15)20-13-7-5-6-8-13/h2-4,9-13H,5-8H2,1H3,(H,18,19,20). The Morgan fingerprint density at radius 2 is 1.91 bits per heavy atom. The lowest BCUT2D eigenvalue weighted by Crippen LogP contribution is -2.27. The molecule has 0 radical (unpaired) electrons. The number of carbonyl (C=O) groups excluding carboxylic acids is 1. The maximum Gasteiger partial charge on any atom is 0.276 e. The van der Waals surface area contributed by atoms with E-state index in [0.717, 1.165) is 24.3 Å². The molecule has 5 nitrogen and oxygen atoms in total. The largest absolute Gasteiger partial charge is 0.367 e. The van der Waals surface area contributed by atoms with E-state index in [1.807, 2.05) is 30.3 Å². The van der Waals surface area contributed by atoms with E-state index in [4.69, 9.17) is 0 Å². The first kappa shape index (κ1) is 14.5. The Balaban J connectivity index is 1.74. The van der Waals surface area contributed by atoms with Crippen molar-refractivity contribution in [2.24, 2.45) is 0 Å². The van der Waals surface area contributed by atoms with Crippen LogP contribution in [0.3, 0.4) is 0 Å². The van der Waals surface area contributed by atoms with Gasteiger partial charge in [0.25, 0.3) is 5.91 Å². The summed E-state index contributed by atoms with van der Waals surface area (Å²) in [5.74, 6) is 0.592. The van der Waals surface area contributed by atoms with Crippen LogP contribution in [-0.2, 0) is 0 Å². The summed E-state index contributed by atoms with van der Waals surface area (Å²) in [4.78, 5) is 22.5. The maximum atomic E-state index is 12.5. The quantitative estimate of drug-likeness (QED) is 0.942. The number of carbonyl (C=O) groups is 1. The normalized spacial score (nSPS) is 14.8. The van der Waals surface area contributed by atoms with E-state index >= 15 is 0 Å². The van der Waals surface area contributed by atoms with Gasteiger partial charge >= 0.3 is 0 Å². The Bertz CT molecular complexity index is 638. The van der Waals surface area contributed by atoms with Crippen LogP contribution in [0.2, 0.25) is 0 Å². The zero-order valence-corrected chi connectivity index (χ0v) is 12.7. The average molecular weight is 296 g/mol. The lowest BCUT2D eigenvalue weighted by molar-refractivity contribution is 0.0988. The zero-order chi connectivity index (χ0) is 15.4. The maximum absolute atomic E-state index is 12.5. The van der Waals surface area contributed by atoms with E-state index in [-0.39, 0.29) is 5.91 Å². The van der Waals surface area contributed by atoms with Gasteiger partial charge in [0.05, 0.1) is 0 Å². The van der Waals surface area contributed by atoms with Gasteiger partial charge in [-0.3, -0.25) is 4.79 Å². The molecule has 1 fully saturated rings. The Hall–Kier alpha value is -2.43. The van der Waals surface area contributed by atoms with Crippen molar-refractivity contribution in [1.29, 1.82) is 0 Å². The number of nitrogens with one attached hydrogen (secondary N) is 1. The second kappa shape index (κ2) is 6.56. The molecule has 1 aromatic heterocycles. The number of rotatable bonds is 4. The number of nitrogens with zero attached hydrogens (tertiary/aromatic N) is 3. The summed E-state index contributed by atoms with van der Waals surface area (Å²) in [6.45, 7) is 0. The van der Waals surface area contributed by atoms with Crippen molar-refractivity contribution in [2.75, 3.05) is 17.3 Å². The lowest BCUT2D eigenvalue weighted by atomic mass is 10.2. The fourth-order valence-corrected chi connectivity index (χ4v) is 2.77. The number of benzene rings is 1. The number of hydrogen-bond donors (Lipinski definition) is 1. The second-order valence-electron chi connectivity index (χ2n) is 5.61. The molecular formula is C17H20N4O. The van der Waals surface area contributed by atoms with Crippen LogP contribution in [0.5, 0.6) is 0 Å². The van der Waals surface area contributed by atoms with Crippen LogP contribution < -0.4 is 10.2 Å². The van der Waals surface area contributed by atoms with E-state index in [1.165, 1.54) is 19.2 Å². The molecule has 0 bridgehead atoms. The van der Waals surface area contributed by atoms with E-state index in [9.17, 15) is 4.79 Å². The van der Waals surface area contributed by atoms with Gasteiger partial charge in [0, 0.05) is 24.8 Å². The highest BCUT2D eigenvalue weighted by Gasteiger charge is 2.18. The van der Waals surface area contributed by atoms with Gasteiger partial charge in [-0.1, -0.05) is 31.0 Å². The molecule has 1 saturated carbocycles. The minimum Gasteiger partial charge on any atom is -0.367 e. The number of amides is 1. The highest BCUT2D eigenvalue weighted by Crippen LogP contribution is 2.22. The van der Waals surface area contributed by atoms with Crippen molar-refractivity contribution in [3.8, 4) is 0 Å². The average Bonchev–Trinajstić information content (AvgIpc) is 3.07. The summed E-state index contributed by atoms with van der Waals surface area (Å²) >= 11 is 0. The topological polar surface area (TPSA) is 58.1 Å². The van der Waals surface area contributed by atoms with Gasteiger partial charge < -0.3 is 10.2 Å². The van der Waals surface area contributed by atoms with Crippen molar-refractivity contribution >= 4 is 17.4 Å². The van der Waals surface area contributed by atoms with Crippen molar-refractivity contribution in [2.45, 2.75) is 31.7 Å². The number of hydrogen-bond acceptors (Lipinski definition) is 4. The predicted octanol–water partition coefficient (Wildman–Crippen LogP) is 3.11. The molecule has 1 aliphatic carbocycles. The van der Waals surface area contributed by atoms with Crippen LogP contribution in [-0.4, -0.2) is 29.0 Å². The summed E-state index contributed by atoms with van der Waals surface area (Å²) < 4.78 is 0. The number of para-hydroxylation sites is 1. The first-order valence-corrected chi connectivity index (χ1v) is 7.66. The molecule has 1 N–H and O–H groups in total. The van der Waals surface area contributed by atoms with Gasteiger partial charge in [0.1, 0.15) is 17.8 Å². The molecule has 0 unspecified atom stereocenters. The summed E-state index contributed by atoms with van der Waals surface area (Å²) in [7, 11) is 1.75. The van der Waals surface area contributed by atoms with Gasteiger partial charge in [-0.15, -0.1) is 0 Å². The van der Waals surface area contributed by atoms with E-state index in [0.29, 0.717) is 11.7 Å². The van der Waals surface area contributed by atoms with Gasteiger partial charge in [0.2, 0.25) is 0 Å². The third kappa shape index (κ3) is 3.24. The highest BCUT2D eigenvalue weighted by molar-refractivity contribution is 6.04. The molecule has 2 aromatic rings. The van der Waals surface area contributed by atoms with Crippen molar-refractivity contribution < 1.29 is 4.79 Å². The minimum absolute atomic E-state index is 0.136. The van der Waals surface area contributed by atoms with Crippen molar-refractivity contribution in [3.05, 3.63) is 48.4 Å². The molecule has 0 atom stereocenters. The van der Waals surface area contributed by atoms with Crippen LogP contribution in [0.1, 0.15) is 36.2 Å². The molecule has 1 aliphatic rings. The van der Waals surface area contributed by atoms with Crippen LogP contribution in [0.25, 0.3) is 0 Å². The molecule has 0 spiro atoms. The molecule has 1 heterocycles. The van der Waals surface area contributed by atoms with E-state index < -0.39 is 0 Å². The highest BCUT2D eigenvalue weighted by atomic mass is 16.2. The molecule has 0 aliphatic heterocycles. The summed E-state index contributed by atoms with van der Waals surface area (Å²) in [6.07, 6.45) is 6.29. The molecule has 0 saturated heterocycles. The second-order valence-corrected chi connectivity index (χ2v) is 5.61. The number of anilines is 2. The Labute approximate surface area is 130 Å². The Kier molecular flexibility index (Phi) is 4.32. The first-order valence-electron chi connectivity index (χ1n) is 7.66. The molecule has 22 heavy (non-hydrogen) atoms. The summed E-state index contributed by atoms with van der Waals surface area (Å²) in [5.41, 5.74) is 1.25. The van der Waals surface area contributed by atoms with E-state index in [1.54, 1.807) is 18.0 Å². The predicted molar refractivity (Wildman–Crippen MR) is 87.1 cm³/mol. The Morgan fingerprint density at radius 1 is 1.18 bits per heavy atom. The lowest BCUT2D eigenvalue weighted by Gasteiger charge is -2.17. The Morgan fingerprint density at radius 3 is 2.64 bits per heavy atom. The summed E-state index contributed by atoms with van der Waals surface area (Å²) in [6, 6.07) is 11.7. The summed E-state index contributed by atoms with van der Waals surface area (Å²) in [5, 5.41) is 3.39. The van der Waals surface area contributed by atoms with Crippen molar-refractivity contribution in [3.63, 3.8) is 0 Å². The monoisotopic (exact) mass is 296 g/mol. The first-order chi connectivity index (χ1) is 10.7. The van der Waals surface area contributed by atoms with Crippen molar-refractivity contribution in [1.82, 2.24) is 9.97 Å². The molecule has 5 heteroatoms. The fraction of sp³-hybridized carbons (Fsp3) is 0.353. The molecule has 1 aromatic carbocycles. The fourth-order valence-electron chi connectivity index (χ4n) is 2.77. The molecule has 1 amide bonds. The van der Waals surface area contributed by atoms with Crippen LogP contribution >= 0.6 is 0 Å². The zero-order valence-electron chi connectivity index (χ0n) is 12.7. The SMILES string of the molecule is CN(C(=O)c1cc(NC2CCCC2)ncn1)c1ccccc1. The van der Waals surface area contributed by atoms with Gasteiger partial charge in [-0.2, -0.15) is 0 Å². The van der Waals surface area contributed by atoms with E-state index in [2.05, 4.69) is 15.3 Å². The molecule has 3 rings (SSSR count). The van der Waals surface area contributed by atoms with Crippen LogP contribution in [0, 0.1) is 0 Å². The van der Waals surface area contributed by atoms with Gasteiger partial charge in [-0.25, -0.2) is 9.97 Å². The van der Waals surface area contributed by atoms with Crippen LogP contribution in [0.15, 0.2) is 42.7 Å². The number of aromatic nitrogens is 2.